The van der Waals surface area contributed by atoms with Gasteiger partial charge in [0.2, 0.25) is 0 Å². The van der Waals surface area contributed by atoms with Crippen molar-refractivity contribution in [2.45, 2.75) is 44.4 Å². The fraction of sp³-hybridized carbons (Fsp3) is 0.600. The SMILES string of the molecule is CCNC(c1ccccc1F)C1CC2CCC1O2. The first-order chi connectivity index (χ1) is 8.79. The number of ether oxygens (including phenoxy) is 1. The molecule has 1 N–H and O–H groups in total. The minimum absolute atomic E-state index is 0.0894. The van der Waals surface area contributed by atoms with Gasteiger partial charge in [0, 0.05) is 17.5 Å². The molecule has 0 aromatic heterocycles. The van der Waals surface area contributed by atoms with Crippen molar-refractivity contribution >= 4 is 0 Å². The molecule has 0 aliphatic carbocycles. The molecule has 2 nitrogen and oxygen atoms in total. The maximum absolute atomic E-state index is 14.0. The van der Waals surface area contributed by atoms with Crippen molar-refractivity contribution in [3.8, 4) is 0 Å². The molecule has 98 valence electrons. The van der Waals surface area contributed by atoms with E-state index in [1.807, 2.05) is 12.1 Å². The third-order valence-corrected chi connectivity index (χ3v) is 4.25. The first-order valence-electron chi connectivity index (χ1n) is 6.93. The van der Waals surface area contributed by atoms with Crippen LogP contribution < -0.4 is 5.32 Å². The van der Waals surface area contributed by atoms with Crippen LogP contribution in [0.2, 0.25) is 0 Å². The Hall–Kier alpha value is -0.930. The number of nitrogens with one attached hydrogen (secondary N) is 1. The maximum atomic E-state index is 14.0. The highest BCUT2D eigenvalue weighted by molar-refractivity contribution is 5.23. The Morgan fingerprint density at radius 2 is 2.22 bits per heavy atom. The van der Waals surface area contributed by atoms with E-state index in [-0.39, 0.29) is 11.9 Å². The van der Waals surface area contributed by atoms with E-state index in [0.29, 0.717) is 18.1 Å². The van der Waals surface area contributed by atoms with Crippen LogP contribution in [0.3, 0.4) is 0 Å². The van der Waals surface area contributed by atoms with Gasteiger partial charge in [-0.05, 0) is 31.9 Å². The van der Waals surface area contributed by atoms with Crippen molar-refractivity contribution in [2.75, 3.05) is 6.54 Å². The van der Waals surface area contributed by atoms with E-state index < -0.39 is 0 Å². The fourth-order valence-corrected chi connectivity index (χ4v) is 3.47. The van der Waals surface area contributed by atoms with Crippen LogP contribution in [0.25, 0.3) is 0 Å². The van der Waals surface area contributed by atoms with Gasteiger partial charge >= 0.3 is 0 Å². The lowest BCUT2D eigenvalue weighted by atomic mass is 9.81. The molecule has 2 bridgehead atoms. The van der Waals surface area contributed by atoms with Gasteiger partial charge in [0.25, 0.3) is 0 Å². The lowest BCUT2D eigenvalue weighted by Gasteiger charge is -2.29. The Morgan fingerprint density at radius 1 is 1.39 bits per heavy atom. The molecule has 2 aliphatic heterocycles. The van der Waals surface area contributed by atoms with Gasteiger partial charge in [0.1, 0.15) is 5.82 Å². The van der Waals surface area contributed by atoms with Crippen LogP contribution in [0.15, 0.2) is 24.3 Å². The van der Waals surface area contributed by atoms with E-state index in [1.165, 1.54) is 6.42 Å². The summed E-state index contributed by atoms with van der Waals surface area (Å²) in [5.74, 6) is 0.312. The summed E-state index contributed by atoms with van der Waals surface area (Å²) >= 11 is 0. The molecule has 3 rings (SSSR count). The number of benzene rings is 1. The molecule has 1 aromatic rings. The highest BCUT2D eigenvalue weighted by Gasteiger charge is 2.44. The van der Waals surface area contributed by atoms with E-state index >= 15 is 0 Å². The van der Waals surface area contributed by atoms with Gasteiger partial charge in [-0.1, -0.05) is 25.1 Å². The summed E-state index contributed by atoms with van der Waals surface area (Å²) in [7, 11) is 0. The van der Waals surface area contributed by atoms with E-state index in [2.05, 4.69) is 12.2 Å². The van der Waals surface area contributed by atoms with Gasteiger partial charge in [0.15, 0.2) is 0 Å². The quantitative estimate of drug-likeness (QED) is 0.885. The van der Waals surface area contributed by atoms with Gasteiger partial charge in [0.05, 0.1) is 12.2 Å². The zero-order valence-electron chi connectivity index (χ0n) is 10.7. The minimum atomic E-state index is -0.105. The second-order valence-electron chi connectivity index (χ2n) is 5.33. The summed E-state index contributed by atoms with van der Waals surface area (Å²) < 4.78 is 19.9. The standard InChI is InChI=1S/C15H20FNO/c1-2-17-15(11-5-3-4-6-13(11)16)12-9-10-7-8-14(12)18-10/h3-6,10,12,14-15,17H,2,7-9H2,1H3. The summed E-state index contributed by atoms with van der Waals surface area (Å²) in [6, 6.07) is 7.20. The Kier molecular flexibility index (Phi) is 3.35. The van der Waals surface area contributed by atoms with Crippen LogP contribution >= 0.6 is 0 Å². The minimum Gasteiger partial charge on any atom is -0.375 e. The van der Waals surface area contributed by atoms with Crippen molar-refractivity contribution in [1.29, 1.82) is 0 Å². The maximum Gasteiger partial charge on any atom is 0.127 e. The molecule has 2 aliphatic rings. The molecular formula is C15H20FNO. The first-order valence-corrected chi connectivity index (χ1v) is 6.93. The molecule has 3 heteroatoms. The third kappa shape index (κ3) is 2.06. The van der Waals surface area contributed by atoms with E-state index in [9.17, 15) is 4.39 Å². The zero-order chi connectivity index (χ0) is 12.5. The molecule has 2 saturated heterocycles. The summed E-state index contributed by atoms with van der Waals surface area (Å²) in [5.41, 5.74) is 0.792. The normalized spacial score (nSPS) is 31.8. The van der Waals surface area contributed by atoms with E-state index in [4.69, 9.17) is 4.74 Å². The van der Waals surface area contributed by atoms with Crippen molar-refractivity contribution in [3.63, 3.8) is 0 Å². The molecule has 4 atom stereocenters. The summed E-state index contributed by atoms with van der Waals surface area (Å²) in [6.45, 7) is 2.93. The van der Waals surface area contributed by atoms with Crippen LogP contribution in [0.4, 0.5) is 4.39 Å². The molecule has 0 saturated carbocycles. The average Bonchev–Trinajstić information content (AvgIpc) is 2.99. The number of rotatable bonds is 4. The van der Waals surface area contributed by atoms with E-state index in [0.717, 1.165) is 24.9 Å². The Balaban J connectivity index is 1.86. The Morgan fingerprint density at radius 3 is 2.83 bits per heavy atom. The topological polar surface area (TPSA) is 21.3 Å². The Labute approximate surface area is 108 Å². The third-order valence-electron chi connectivity index (χ3n) is 4.25. The predicted molar refractivity (Wildman–Crippen MR) is 68.8 cm³/mol. The number of hydrogen-bond acceptors (Lipinski definition) is 2. The zero-order valence-corrected chi connectivity index (χ0v) is 10.7. The molecular weight excluding hydrogens is 229 g/mol. The molecule has 2 heterocycles. The summed E-state index contributed by atoms with van der Waals surface area (Å²) in [4.78, 5) is 0. The first kappa shape index (κ1) is 12.1. The lowest BCUT2D eigenvalue weighted by molar-refractivity contribution is 0.0855. The number of hydrogen-bond donors (Lipinski definition) is 1. The highest BCUT2D eigenvalue weighted by atomic mass is 19.1. The van der Waals surface area contributed by atoms with Crippen molar-refractivity contribution in [1.82, 2.24) is 5.32 Å². The van der Waals surface area contributed by atoms with Crippen LogP contribution in [0.1, 0.15) is 37.8 Å². The van der Waals surface area contributed by atoms with Crippen molar-refractivity contribution in [3.05, 3.63) is 35.6 Å². The molecule has 1 aromatic carbocycles. The molecule has 4 unspecified atom stereocenters. The summed E-state index contributed by atoms with van der Waals surface area (Å²) in [6.07, 6.45) is 4.10. The van der Waals surface area contributed by atoms with Gasteiger partial charge in [-0.25, -0.2) is 4.39 Å². The predicted octanol–water partition coefficient (Wildman–Crippen LogP) is 3.04. The van der Waals surface area contributed by atoms with Crippen molar-refractivity contribution < 1.29 is 9.13 Å². The number of fused-ring (bicyclic) bond motifs is 2. The van der Waals surface area contributed by atoms with Gasteiger partial charge in [-0.2, -0.15) is 0 Å². The highest BCUT2D eigenvalue weighted by Crippen LogP contribution is 2.44. The second-order valence-corrected chi connectivity index (χ2v) is 5.33. The molecule has 0 amide bonds. The lowest BCUT2D eigenvalue weighted by Crippen LogP contribution is -2.34. The summed E-state index contributed by atoms with van der Waals surface area (Å²) in [5, 5.41) is 3.45. The largest absolute Gasteiger partial charge is 0.375 e. The molecule has 0 radical (unpaired) electrons. The van der Waals surface area contributed by atoms with Crippen molar-refractivity contribution in [2.24, 2.45) is 5.92 Å². The second kappa shape index (κ2) is 4.98. The molecule has 0 spiro atoms. The van der Waals surface area contributed by atoms with Crippen LogP contribution in [0.5, 0.6) is 0 Å². The monoisotopic (exact) mass is 249 g/mol. The van der Waals surface area contributed by atoms with Gasteiger partial charge in [-0.3, -0.25) is 0 Å². The molecule has 2 fully saturated rings. The Bertz CT molecular complexity index is 423. The van der Waals surface area contributed by atoms with Gasteiger partial charge in [-0.15, -0.1) is 0 Å². The van der Waals surface area contributed by atoms with Crippen LogP contribution in [0, 0.1) is 11.7 Å². The van der Waals surface area contributed by atoms with Crippen LogP contribution in [-0.2, 0) is 4.74 Å². The fourth-order valence-electron chi connectivity index (χ4n) is 3.47. The number of halogens is 1. The average molecular weight is 249 g/mol. The van der Waals surface area contributed by atoms with Crippen LogP contribution in [-0.4, -0.2) is 18.8 Å². The van der Waals surface area contributed by atoms with E-state index in [1.54, 1.807) is 12.1 Å². The molecule has 18 heavy (non-hydrogen) atoms. The van der Waals surface area contributed by atoms with Gasteiger partial charge < -0.3 is 10.1 Å². The smallest absolute Gasteiger partial charge is 0.127 e.